The fraction of sp³-hybridized carbons (Fsp3) is 0.667. The summed E-state index contributed by atoms with van der Waals surface area (Å²) in [6, 6.07) is 8.60. The highest BCUT2D eigenvalue weighted by atomic mass is 31.2. The van der Waals surface area contributed by atoms with E-state index < -0.39 is 25.4 Å². The number of fused-ring (bicyclic) bond motifs is 1. The predicted octanol–water partition coefficient (Wildman–Crippen LogP) is 2.57. The predicted molar refractivity (Wildman–Crippen MR) is 141 cm³/mol. The normalized spacial score (nSPS) is 26.2. The first kappa shape index (κ1) is 26.9. The van der Waals surface area contributed by atoms with Gasteiger partial charge in [-0.2, -0.15) is 0 Å². The van der Waals surface area contributed by atoms with Crippen LogP contribution < -0.4 is 0 Å². The van der Waals surface area contributed by atoms with Gasteiger partial charge >= 0.3 is 0 Å². The van der Waals surface area contributed by atoms with Crippen LogP contribution >= 0.6 is 7.14 Å². The topological polar surface area (TPSA) is 81.2 Å². The summed E-state index contributed by atoms with van der Waals surface area (Å²) in [6.07, 6.45) is 2.11. The lowest BCUT2D eigenvalue weighted by Crippen LogP contribution is -2.66. The van der Waals surface area contributed by atoms with E-state index in [0.717, 1.165) is 31.5 Å². The van der Waals surface area contributed by atoms with Crippen molar-refractivity contribution in [3.8, 4) is 0 Å². The van der Waals surface area contributed by atoms with Gasteiger partial charge in [-0.1, -0.05) is 44.2 Å². The van der Waals surface area contributed by atoms with Gasteiger partial charge in [0.2, 0.25) is 17.7 Å². The molecule has 1 aromatic rings. The van der Waals surface area contributed by atoms with Crippen LogP contribution in [0.5, 0.6) is 0 Å². The van der Waals surface area contributed by atoms with Gasteiger partial charge in [-0.05, 0) is 64.2 Å². The maximum Gasteiger partial charge on any atom is 0.247 e. The largest absolute Gasteiger partial charge is 0.334 e. The molecule has 3 saturated heterocycles. The van der Waals surface area contributed by atoms with Crippen molar-refractivity contribution in [2.45, 2.75) is 63.8 Å². The molecule has 3 amide bonds. The SMILES string of the molecule is CC(C)C[C@@H]1C(=O)N2[C@H](CN(C3CCN(C)CC3)C(=O)[C@@H]2Cc2ccccc2)N1C(=O)CP(C)(C)=O. The molecule has 0 saturated carbocycles. The number of rotatable bonds is 7. The summed E-state index contributed by atoms with van der Waals surface area (Å²) in [6.45, 7) is 9.46. The van der Waals surface area contributed by atoms with Gasteiger partial charge in [-0.3, -0.25) is 14.4 Å². The summed E-state index contributed by atoms with van der Waals surface area (Å²) in [5.41, 5.74) is 0.990. The molecule has 0 unspecified atom stereocenters. The Labute approximate surface area is 215 Å². The Morgan fingerprint density at radius 3 is 2.25 bits per heavy atom. The molecule has 3 atom stereocenters. The highest BCUT2D eigenvalue weighted by Crippen LogP contribution is 2.40. The van der Waals surface area contributed by atoms with Crippen molar-refractivity contribution < 1.29 is 18.9 Å². The molecule has 0 aromatic heterocycles. The van der Waals surface area contributed by atoms with E-state index in [-0.39, 0.29) is 35.8 Å². The maximum atomic E-state index is 14.0. The van der Waals surface area contributed by atoms with Crippen LogP contribution in [0.1, 0.15) is 38.7 Å². The Hall–Kier alpha value is -2.18. The van der Waals surface area contributed by atoms with Crippen molar-refractivity contribution in [3.63, 3.8) is 0 Å². The van der Waals surface area contributed by atoms with Crippen molar-refractivity contribution in [1.82, 2.24) is 19.6 Å². The number of carbonyl (C=O) groups excluding carboxylic acids is 3. The molecule has 36 heavy (non-hydrogen) atoms. The maximum absolute atomic E-state index is 14.0. The first-order valence-electron chi connectivity index (χ1n) is 13.2. The zero-order valence-corrected chi connectivity index (χ0v) is 23.2. The summed E-state index contributed by atoms with van der Waals surface area (Å²) in [7, 11) is -0.548. The summed E-state index contributed by atoms with van der Waals surface area (Å²) in [5, 5.41) is 0. The molecule has 3 aliphatic rings. The van der Waals surface area contributed by atoms with Gasteiger partial charge in [0, 0.05) is 12.5 Å². The van der Waals surface area contributed by atoms with E-state index in [9.17, 15) is 18.9 Å². The van der Waals surface area contributed by atoms with E-state index in [0.29, 0.717) is 19.4 Å². The summed E-state index contributed by atoms with van der Waals surface area (Å²) >= 11 is 0. The Kier molecular flexibility index (Phi) is 7.96. The molecule has 0 radical (unpaired) electrons. The Morgan fingerprint density at radius 2 is 1.67 bits per heavy atom. The molecular weight excluding hydrogens is 475 g/mol. The van der Waals surface area contributed by atoms with E-state index in [2.05, 4.69) is 11.9 Å². The molecular formula is C27H41N4O4P. The van der Waals surface area contributed by atoms with Crippen LogP contribution in [0.2, 0.25) is 0 Å². The number of piperazine rings is 1. The molecule has 3 aliphatic heterocycles. The van der Waals surface area contributed by atoms with Crippen LogP contribution in [0, 0.1) is 5.92 Å². The van der Waals surface area contributed by atoms with Crippen LogP contribution in [-0.4, -0.2) is 108 Å². The smallest absolute Gasteiger partial charge is 0.247 e. The first-order valence-corrected chi connectivity index (χ1v) is 15.9. The zero-order valence-electron chi connectivity index (χ0n) is 22.3. The monoisotopic (exact) mass is 516 g/mol. The Balaban J connectivity index is 1.73. The van der Waals surface area contributed by atoms with Gasteiger partial charge < -0.3 is 24.2 Å². The van der Waals surface area contributed by atoms with Gasteiger partial charge in [0.15, 0.2) is 0 Å². The van der Waals surface area contributed by atoms with Crippen LogP contribution in [0.3, 0.4) is 0 Å². The molecule has 3 fully saturated rings. The van der Waals surface area contributed by atoms with Crippen molar-refractivity contribution >= 4 is 24.9 Å². The highest BCUT2D eigenvalue weighted by Gasteiger charge is 2.56. The molecule has 8 nitrogen and oxygen atoms in total. The summed E-state index contributed by atoms with van der Waals surface area (Å²) in [4.78, 5) is 49.1. The van der Waals surface area contributed by atoms with Crippen LogP contribution in [0.4, 0.5) is 0 Å². The number of benzene rings is 1. The number of carbonyl (C=O) groups is 3. The molecule has 1 aromatic carbocycles. The van der Waals surface area contributed by atoms with E-state index in [4.69, 9.17) is 0 Å². The van der Waals surface area contributed by atoms with E-state index in [1.807, 2.05) is 49.1 Å². The minimum Gasteiger partial charge on any atom is -0.334 e. The quantitative estimate of drug-likeness (QED) is 0.521. The summed E-state index contributed by atoms with van der Waals surface area (Å²) < 4.78 is 12.6. The fourth-order valence-corrected chi connectivity index (χ4v) is 6.77. The number of hydrogen-bond acceptors (Lipinski definition) is 5. The van der Waals surface area contributed by atoms with Crippen molar-refractivity contribution in [1.29, 1.82) is 0 Å². The zero-order chi connectivity index (χ0) is 26.2. The summed E-state index contributed by atoms with van der Waals surface area (Å²) in [5.74, 6) is -0.224. The van der Waals surface area contributed by atoms with Gasteiger partial charge in [0.1, 0.15) is 18.2 Å². The molecule has 0 aliphatic carbocycles. The van der Waals surface area contributed by atoms with Gasteiger partial charge in [0.05, 0.1) is 19.8 Å². The minimum absolute atomic E-state index is 0.0211. The Bertz CT molecular complexity index is 1020. The second kappa shape index (κ2) is 10.7. The standard InChI is InChI=1S/C27H41N4O4P/c1-19(2)15-22-27(34)31-23(16-20-9-7-6-8-10-20)26(33)29(21-11-13-28(3)14-12-21)17-24(31)30(22)25(32)18-36(4,5)35/h6-10,19,21-24H,11-18H2,1-5H3/t22-,23+,24-/m1/s1. The van der Waals surface area contributed by atoms with Crippen molar-refractivity contribution in [2.24, 2.45) is 5.92 Å². The van der Waals surface area contributed by atoms with Crippen molar-refractivity contribution in [2.75, 3.05) is 46.2 Å². The van der Waals surface area contributed by atoms with Gasteiger partial charge in [0.25, 0.3) is 0 Å². The van der Waals surface area contributed by atoms with Crippen LogP contribution in [0.25, 0.3) is 0 Å². The third-order valence-corrected chi connectivity index (χ3v) is 8.71. The molecule has 0 spiro atoms. The molecule has 198 valence electrons. The average molecular weight is 517 g/mol. The fourth-order valence-electron chi connectivity index (χ4n) is 5.96. The highest BCUT2D eigenvalue weighted by molar-refractivity contribution is 7.63. The minimum atomic E-state index is -2.64. The molecule has 0 N–H and O–H groups in total. The van der Waals surface area contributed by atoms with Gasteiger partial charge in [-0.15, -0.1) is 0 Å². The lowest BCUT2D eigenvalue weighted by atomic mass is 9.96. The number of likely N-dealkylation sites (tertiary alicyclic amines) is 1. The number of amides is 3. The lowest BCUT2D eigenvalue weighted by molar-refractivity contribution is -0.158. The second-order valence-electron chi connectivity index (χ2n) is 11.6. The molecule has 9 heteroatoms. The van der Waals surface area contributed by atoms with Crippen molar-refractivity contribution in [3.05, 3.63) is 35.9 Å². The van der Waals surface area contributed by atoms with E-state index >= 15 is 0 Å². The molecule has 0 bridgehead atoms. The number of piperidine rings is 1. The number of nitrogens with zero attached hydrogens (tertiary/aromatic N) is 4. The second-order valence-corrected chi connectivity index (χ2v) is 15.1. The molecule has 3 heterocycles. The van der Waals surface area contributed by atoms with Gasteiger partial charge in [-0.25, -0.2) is 0 Å². The lowest BCUT2D eigenvalue weighted by Gasteiger charge is -2.48. The van der Waals surface area contributed by atoms with E-state index in [1.165, 1.54) is 0 Å². The Morgan fingerprint density at radius 1 is 1.03 bits per heavy atom. The van der Waals surface area contributed by atoms with Crippen LogP contribution in [0.15, 0.2) is 30.3 Å². The third kappa shape index (κ3) is 5.70. The first-order chi connectivity index (χ1) is 17.0. The van der Waals surface area contributed by atoms with Crippen LogP contribution in [-0.2, 0) is 25.4 Å². The molecule has 4 rings (SSSR count). The average Bonchev–Trinajstić information content (AvgIpc) is 3.06. The third-order valence-electron chi connectivity index (χ3n) is 7.68. The van der Waals surface area contributed by atoms with E-state index in [1.54, 1.807) is 23.1 Å². The number of hydrogen-bond donors (Lipinski definition) is 0.